The summed E-state index contributed by atoms with van der Waals surface area (Å²) in [5.41, 5.74) is 0. The van der Waals surface area contributed by atoms with Crippen LogP contribution in [0.5, 0.6) is 0 Å². The first-order valence-electron chi connectivity index (χ1n) is 34.7. The molecule has 0 aliphatic carbocycles. The predicted molar refractivity (Wildman–Crippen MR) is 353 cm³/mol. The van der Waals surface area contributed by atoms with Crippen molar-refractivity contribution in [3.8, 4) is 0 Å². The molecule has 0 spiro atoms. The summed E-state index contributed by atoms with van der Waals surface area (Å²) in [6.07, 6.45) is 92.9. The number of hydrogen-bond acceptors (Lipinski definition) is 6. The molecule has 0 aromatic carbocycles. The molecule has 0 bridgehead atoms. The van der Waals surface area contributed by atoms with E-state index in [-0.39, 0.29) is 37.5 Å². The number of carbonyl (C=O) groups is 3. The van der Waals surface area contributed by atoms with Crippen molar-refractivity contribution in [3.63, 3.8) is 0 Å². The van der Waals surface area contributed by atoms with Crippen LogP contribution >= 0.6 is 0 Å². The Labute approximate surface area is 502 Å². The Balaban J connectivity index is 4.42. The van der Waals surface area contributed by atoms with E-state index < -0.39 is 6.10 Å². The Morgan fingerprint density at radius 2 is 0.494 bits per heavy atom. The maximum absolute atomic E-state index is 12.9. The molecule has 0 aromatic rings. The van der Waals surface area contributed by atoms with Gasteiger partial charge < -0.3 is 14.2 Å². The van der Waals surface area contributed by atoms with E-state index in [9.17, 15) is 14.4 Å². The topological polar surface area (TPSA) is 78.9 Å². The van der Waals surface area contributed by atoms with Gasteiger partial charge in [0, 0.05) is 19.3 Å². The zero-order valence-corrected chi connectivity index (χ0v) is 53.5. The molecule has 0 rings (SSSR count). The standard InChI is InChI=1S/C75H130O6/c1-4-7-10-13-16-19-22-25-28-31-33-35-37-39-40-42-44-47-50-53-56-59-62-65-68-74(77)80-71-72(70-79-73(76)67-64-61-58-55-52-49-46-30-27-24-21-18-15-12-9-6-3)81-75(78)69-66-63-60-57-54-51-48-45-43-41-38-36-34-32-29-26-23-20-17-14-11-8-5-2/h8,11,17,20,26,29-30,34,36,41,43,46,48,51,57,60,72H,4-7,9-10,12-16,18-19,21-25,27-28,31-33,35,37-40,42,44-45,47,49-50,52-56,58-59,61-71H2,1-3H3/b11-8-,20-17-,29-26-,36-34-,43-41-,46-30-,51-48-,60-57-. The summed E-state index contributed by atoms with van der Waals surface area (Å²) in [7, 11) is 0. The van der Waals surface area contributed by atoms with Gasteiger partial charge in [-0.1, -0.05) is 323 Å². The quantitative estimate of drug-likeness (QED) is 0.0261. The Morgan fingerprint density at radius 1 is 0.259 bits per heavy atom. The largest absolute Gasteiger partial charge is 0.462 e. The molecule has 0 radical (unpaired) electrons. The third kappa shape index (κ3) is 67.0. The van der Waals surface area contributed by atoms with E-state index >= 15 is 0 Å². The highest BCUT2D eigenvalue weighted by Gasteiger charge is 2.19. The highest BCUT2D eigenvalue weighted by molar-refractivity contribution is 5.71. The van der Waals surface area contributed by atoms with Crippen molar-refractivity contribution in [2.45, 2.75) is 348 Å². The molecule has 0 N–H and O–H groups in total. The first-order chi connectivity index (χ1) is 40.0. The lowest BCUT2D eigenvalue weighted by molar-refractivity contribution is -0.167. The van der Waals surface area contributed by atoms with Gasteiger partial charge in [-0.25, -0.2) is 0 Å². The van der Waals surface area contributed by atoms with Crippen LogP contribution < -0.4 is 0 Å². The molecular formula is C75H130O6. The van der Waals surface area contributed by atoms with Crippen LogP contribution in [0.3, 0.4) is 0 Å². The van der Waals surface area contributed by atoms with E-state index in [4.69, 9.17) is 14.2 Å². The van der Waals surface area contributed by atoms with Crippen molar-refractivity contribution < 1.29 is 28.6 Å². The van der Waals surface area contributed by atoms with Crippen molar-refractivity contribution in [2.24, 2.45) is 0 Å². The summed E-state index contributed by atoms with van der Waals surface area (Å²) in [6.45, 7) is 6.52. The number of esters is 3. The summed E-state index contributed by atoms with van der Waals surface area (Å²) < 4.78 is 16.9. The normalized spacial score (nSPS) is 12.7. The zero-order valence-electron chi connectivity index (χ0n) is 53.5. The third-order valence-electron chi connectivity index (χ3n) is 15.1. The maximum atomic E-state index is 12.9. The van der Waals surface area contributed by atoms with Crippen molar-refractivity contribution in [3.05, 3.63) is 97.2 Å². The van der Waals surface area contributed by atoms with Crippen molar-refractivity contribution in [1.82, 2.24) is 0 Å². The highest BCUT2D eigenvalue weighted by Crippen LogP contribution is 2.17. The SMILES string of the molecule is CC/C=C\C/C=C\C/C=C\C/C=C\C/C=C\C/C=C\C/C=C\CCCC(=O)OC(COC(=O)CCCCCCC/C=C\CCCCCCCCC)COC(=O)CCCCCCCCCCCCCCCCCCCCCCCCCC. The van der Waals surface area contributed by atoms with E-state index in [2.05, 4.69) is 118 Å². The number of ether oxygens (including phenoxy) is 3. The lowest BCUT2D eigenvalue weighted by Gasteiger charge is -2.18. The van der Waals surface area contributed by atoms with Crippen LogP contribution in [0.25, 0.3) is 0 Å². The van der Waals surface area contributed by atoms with Crippen molar-refractivity contribution in [1.29, 1.82) is 0 Å². The van der Waals surface area contributed by atoms with Gasteiger partial charge in [0.25, 0.3) is 0 Å². The summed E-state index contributed by atoms with van der Waals surface area (Å²) >= 11 is 0. The Bertz CT molecular complexity index is 1580. The Kier molecular flexibility index (Phi) is 65.7. The molecule has 0 saturated heterocycles. The molecule has 6 heteroatoms. The van der Waals surface area contributed by atoms with E-state index in [0.29, 0.717) is 19.3 Å². The number of unbranched alkanes of at least 4 members (excludes halogenated alkanes) is 36. The Morgan fingerprint density at radius 3 is 0.802 bits per heavy atom. The van der Waals surface area contributed by atoms with Gasteiger partial charge in [0.15, 0.2) is 6.10 Å². The van der Waals surface area contributed by atoms with Crippen molar-refractivity contribution >= 4 is 17.9 Å². The van der Waals surface area contributed by atoms with Gasteiger partial charge in [0.2, 0.25) is 0 Å². The molecule has 1 atom stereocenters. The van der Waals surface area contributed by atoms with Crippen LogP contribution in [-0.2, 0) is 28.6 Å². The second kappa shape index (κ2) is 68.8. The first kappa shape index (κ1) is 77.3. The number of carbonyl (C=O) groups excluding carboxylic acids is 3. The van der Waals surface area contributed by atoms with Gasteiger partial charge in [0.1, 0.15) is 13.2 Å². The van der Waals surface area contributed by atoms with E-state index in [1.165, 1.54) is 199 Å². The fraction of sp³-hybridized carbons (Fsp3) is 0.747. The van der Waals surface area contributed by atoms with E-state index in [0.717, 1.165) is 96.3 Å². The average Bonchev–Trinajstić information content (AvgIpc) is 3.47. The molecule has 0 heterocycles. The zero-order chi connectivity index (χ0) is 58.5. The second-order valence-corrected chi connectivity index (χ2v) is 23.1. The molecule has 0 aliphatic heterocycles. The molecular weight excluding hydrogens is 997 g/mol. The lowest BCUT2D eigenvalue weighted by atomic mass is 10.0. The van der Waals surface area contributed by atoms with Gasteiger partial charge >= 0.3 is 17.9 Å². The number of hydrogen-bond donors (Lipinski definition) is 0. The molecule has 0 aromatic heterocycles. The van der Waals surface area contributed by atoms with Gasteiger partial charge in [-0.05, 0) is 96.3 Å². The lowest BCUT2D eigenvalue weighted by Crippen LogP contribution is -2.30. The van der Waals surface area contributed by atoms with Gasteiger partial charge in [-0.2, -0.15) is 0 Å². The summed E-state index contributed by atoms with van der Waals surface area (Å²) in [5, 5.41) is 0. The molecule has 0 aliphatic rings. The number of allylic oxidation sites excluding steroid dienone is 16. The minimum absolute atomic E-state index is 0.101. The highest BCUT2D eigenvalue weighted by atomic mass is 16.6. The minimum Gasteiger partial charge on any atom is -0.462 e. The van der Waals surface area contributed by atoms with Crippen LogP contribution in [-0.4, -0.2) is 37.2 Å². The number of rotatable bonds is 63. The molecule has 81 heavy (non-hydrogen) atoms. The van der Waals surface area contributed by atoms with Gasteiger partial charge in [0.05, 0.1) is 0 Å². The maximum Gasteiger partial charge on any atom is 0.306 e. The summed E-state index contributed by atoms with van der Waals surface area (Å²) in [4.78, 5) is 38.4. The molecule has 466 valence electrons. The first-order valence-corrected chi connectivity index (χ1v) is 34.7. The Hall–Kier alpha value is -3.67. The monoisotopic (exact) mass is 1130 g/mol. The van der Waals surface area contributed by atoms with Crippen LogP contribution in [0.4, 0.5) is 0 Å². The van der Waals surface area contributed by atoms with Gasteiger partial charge in [-0.15, -0.1) is 0 Å². The fourth-order valence-corrected chi connectivity index (χ4v) is 9.90. The fourth-order valence-electron chi connectivity index (χ4n) is 9.90. The van der Waals surface area contributed by atoms with Crippen LogP contribution in [0.2, 0.25) is 0 Å². The molecule has 6 nitrogen and oxygen atoms in total. The molecule has 0 saturated carbocycles. The molecule has 1 unspecified atom stereocenters. The molecule has 0 amide bonds. The third-order valence-corrected chi connectivity index (χ3v) is 15.1. The van der Waals surface area contributed by atoms with Gasteiger partial charge in [-0.3, -0.25) is 14.4 Å². The van der Waals surface area contributed by atoms with E-state index in [1.807, 2.05) is 0 Å². The van der Waals surface area contributed by atoms with Crippen LogP contribution in [0.15, 0.2) is 97.2 Å². The summed E-state index contributed by atoms with van der Waals surface area (Å²) in [6, 6.07) is 0. The van der Waals surface area contributed by atoms with Crippen molar-refractivity contribution in [2.75, 3.05) is 13.2 Å². The summed E-state index contributed by atoms with van der Waals surface area (Å²) in [5.74, 6) is -0.954. The van der Waals surface area contributed by atoms with Crippen LogP contribution in [0, 0.1) is 0 Å². The van der Waals surface area contributed by atoms with Crippen LogP contribution in [0.1, 0.15) is 342 Å². The predicted octanol–water partition coefficient (Wildman–Crippen LogP) is 24.0. The smallest absolute Gasteiger partial charge is 0.306 e. The average molecular weight is 1130 g/mol. The molecule has 0 fully saturated rings. The minimum atomic E-state index is -0.813. The van der Waals surface area contributed by atoms with E-state index in [1.54, 1.807) is 0 Å². The second-order valence-electron chi connectivity index (χ2n) is 23.1.